The Hall–Kier alpha value is -1.52. The van der Waals surface area contributed by atoms with Crippen molar-refractivity contribution in [2.24, 2.45) is 5.92 Å². The van der Waals surface area contributed by atoms with Crippen molar-refractivity contribution in [2.45, 2.75) is 260 Å². The molecule has 0 N–H and O–H groups in total. The van der Waals surface area contributed by atoms with Gasteiger partial charge >= 0.3 is 21.6 Å². The van der Waals surface area contributed by atoms with Gasteiger partial charge in [0.05, 0.1) is 42.2 Å². The second kappa shape index (κ2) is 24.9. The molecule has 4 fully saturated rings. The lowest BCUT2D eigenvalue weighted by Crippen LogP contribution is -2.69. The van der Waals surface area contributed by atoms with Crippen molar-refractivity contribution < 1.29 is 72.3 Å². The van der Waals surface area contributed by atoms with Gasteiger partial charge in [0.1, 0.15) is 48.2 Å². The van der Waals surface area contributed by atoms with Gasteiger partial charge in [0.25, 0.3) is 0 Å². The van der Waals surface area contributed by atoms with E-state index in [1.165, 1.54) is 0 Å². The van der Waals surface area contributed by atoms with Crippen molar-refractivity contribution in [3.63, 3.8) is 0 Å². The molecule has 1 aromatic carbocycles. The van der Waals surface area contributed by atoms with Crippen LogP contribution in [0.5, 0.6) is 0 Å². The molecule has 0 aromatic heterocycles. The number of ether oxygens (including phenoxy) is 5. The molecule has 4 saturated heterocycles. The number of alkyl halides is 4. The molecule has 0 saturated carbocycles. The Morgan fingerprint density at radius 1 is 0.816 bits per heavy atom. The Balaban J connectivity index is 1.52. The number of aldehydes is 1. The monoisotopic (exact) mass is 1260 g/mol. The van der Waals surface area contributed by atoms with Crippen LogP contribution in [0.1, 0.15) is 137 Å². The summed E-state index contributed by atoms with van der Waals surface area (Å²) in [4.78, 5) is 25.9. The average Bonchev–Trinajstić information content (AvgIpc) is 3.67. The van der Waals surface area contributed by atoms with Gasteiger partial charge in [-0.05, 0) is 118 Å². The predicted octanol–water partition coefficient (Wildman–Crippen LogP) is 13.5. The summed E-state index contributed by atoms with van der Waals surface area (Å²) in [5.41, 5.74) is -5.88. The highest BCUT2D eigenvalue weighted by Gasteiger charge is 2.58. The van der Waals surface area contributed by atoms with Gasteiger partial charge in [-0.25, -0.2) is 4.79 Å². The molecule has 13 nitrogen and oxygen atoms in total. The second-order valence-electron chi connectivity index (χ2n) is 26.2. The molecule has 0 amide bonds. The van der Waals surface area contributed by atoms with Gasteiger partial charge in [0.2, 0.25) is 0 Å². The maximum absolute atomic E-state index is 14.0. The minimum Gasteiger partial charge on any atom is -0.455 e. The number of hydrogen-bond donors (Lipinski definition) is 0. The first kappa shape index (κ1) is 65.3. The van der Waals surface area contributed by atoms with E-state index in [4.69, 9.17) is 37.0 Å². The molecule has 76 heavy (non-hydrogen) atoms. The molecule has 5 rings (SSSR count). The van der Waals surface area contributed by atoms with Crippen LogP contribution in [0.25, 0.3) is 0 Å². The average molecular weight is 1260 g/mol. The molecular formula is C55H90F3IO13SSi3. The van der Waals surface area contributed by atoms with Crippen LogP contribution in [0.2, 0.25) is 54.4 Å². The zero-order chi connectivity index (χ0) is 57.3. The van der Waals surface area contributed by atoms with E-state index in [9.17, 15) is 31.2 Å². The van der Waals surface area contributed by atoms with Crippen LogP contribution in [0, 0.1) is 5.92 Å². The summed E-state index contributed by atoms with van der Waals surface area (Å²) in [6, 6.07) is 8.86. The number of halogens is 4. The lowest BCUT2D eigenvalue weighted by Gasteiger charge is -2.56. The zero-order valence-corrected chi connectivity index (χ0v) is 54.0. The molecule has 4 aliphatic heterocycles. The van der Waals surface area contributed by atoms with Crippen LogP contribution in [0.15, 0.2) is 54.8 Å². The number of carbonyl (C=O) groups excluding carboxylic acids is 2. The maximum Gasteiger partial charge on any atom is 0.534 e. The highest BCUT2D eigenvalue weighted by atomic mass is 127. The number of fused-ring (bicyclic) bond motifs is 2. The minimum atomic E-state index is -5.85. The minimum absolute atomic E-state index is 0.161. The van der Waals surface area contributed by atoms with Crippen LogP contribution in [0.3, 0.4) is 0 Å². The molecule has 4 aliphatic rings. The molecule has 0 spiro atoms. The second-order valence-corrected chi connectivity index (χ2v) is 42.8. The summed E-state index contributed by atoms with van der Waals surface area (Å²) < 4.78 is 125. The first-order valence-electron chi connectivity index (χ1n) is 27.1. The smallest absolute Gasteiger partial charge is 0.455 e. The number of hydrogen-bond acceptors (Lipinski definition) is 13. The van der Waals surface area contributed by atoms with Crippen molar-refractivity contribution in [3.8, 4) is 0 Å². The van der Waals surface area contributed by atoms with Gasteiger partial charge in [0.15, 0.2) is 25.0 Å². The standard InChI is InChI=1S/C55H90F3IO13SSi3/c1-36(37(2)69-73(62,63)55(56,57)58)33-41-27-30-45-54(35-59,68-41)34-42(64-45)24-23-39(66-50(61)38-21-19-18-20-22-38)26-29-44(70-74(12,13)51(3,4)5)47-49(72-76(16,17)53(9,10)11)48(71-75(14,15)52(6,7)8)46-43(67-47)28-25-40(65-46)31-32-60/h18-22,26,29,32,36,39-49H,2,23-25,27-28,30-31,33-35H2,1,3-17H3/t36-,39?,40-,41-,42+,43+,44+,45+,46+,47+,48+,49-,54-/m1/s1. The summed E-state index contributed by atoms with van der Waals surface area (Å²) in [5.74, 6) is -1.74. The van der Waals surface area contributed by atoms with E-state index >= 15 is 0 Å². The molecular weight excluding hydrogens is 1170 g/mol. The van der Waals surface area contributed by atoms with Crippen molar-refractivity contribution in [1.82, 2.24) is 0 Å². The molecule has 0 aliphatic carbocycles. The normalized spacial score (nSPS) is 29.5. The Labute approximate surface area is 469 Å². The Morgan fingerprint density at radius 2 is 1.39 bits per heavy atom. The molecule has 434 valence electrons. The van der Waals surface area contributed by atoms with E-state index in [2.05, 4.69) is 135 Å². The van der Waals surface area contributed by atoms with Crippen LogP contribution < -0.4 is 0 Å². The van der Waals surface area contributed by atoms with E-state index in [1.54, 1.807) is 31.2 Å². The molecule has 1 unspecified atom stereocenters. The maximum atomic E-state index is 14.0. The highest BCUT2D eigenvalue weighted by molar-refractivity contribution is 14.1. The molecule has 13 atom stereocenters. The van der Waals surface area contributed by atoms with E-state index in [-0.39, 0.29) is 52.4 Å². The summed E-state index contributed by atoms with van der Waals surface area (Å²) in [6.45, 7) is 38.3. The fourth-order valence-corrected chi connectivity index (χ4v) is 14.9. The third-order valence-electron chi connectivity index (χ3n) is 17.3. The van der Waals surface area contributed by atoms with Gasteiger partial charge in [-0.2, -0.15) is 21.6 Å². The van der Waals surface area contributed by atoms with Crippen molar-refractivity contribution in [2.75, 3.05) is 4.43 Å². The van der Waals surface area contributed by atoms with Gasteiger partial charge in [0, 0.05) is 23.2 Å². The van der Waals surface area contributed by atoms with Gasteiger partial charge < -0.3 is 45.9 Å². The number of carbonyl (C=O) groups is 2. The molecule has 1 aromatic rings. The van der Waals surface area contributed by atoms with Gasteiger partial charge in [-0.3, -0.25) is 0 Å². The van der Waals surface area contributed by atoms with E-state index in [0.717, 1.165) is 6.29 Å². The number of allylic oxidation sites excluding steroid dienone is 1. The Kier molecular flexibility index (Phi) is 21.4. The SMILES string of the molecule is C=C(OS(=O)(=O)C(F)(F)F)[C@H](C)C[C@H]1CC[C@@H]2O[C@@H](CCC(C=C[C@H](O[Si](C)(C)C(C)(C)C)[C@@H]3O[C@H]4CC[C@H](CC=O)O[C@@H]4[C@H](O[Si](C)(C)C(C)(C)C)[C@@H]3O[Si](C)(C)C(C)(C)C)OC(=O)c3ccccc3)C[C@]2(CI)O1. The van der Waals surface area contributed by atoms with Crippen LogP contribution in [-0.4, -0.2) is 128 Å². The quantitative estimate of drug-likeness (QED) is 0.0125. The molecule has 4 heterocycles. The summed E-state index contributed by atoms with van der Waals surface area (Å²) >= 11 is 2.28. The molecule has 0 radical (unpaired) electrons. The summed E-state index contributed by atoms with van der Waals surface area (Å²) in [5, 5.41) is -0.565. The van der Waals surface area contributed by atoms with Crippen molar-refractivity contribution in [1.29, 1.82) is 0 Å². The molecule has 0 bridgehead atoms. The zero-order valence-electron chi connectivity index (χ0n) is 48.1. The third kappa shape index (κ3) is 15.9. The fourth-order valence-electron chi connectivity index (χ4n) is 9.53. The predicted molar refractivity (Wildman–Crippen MR) is 305 cm³/mol. The van der Waals surface area contributed by atoms with E-state index in [1.807, 2.05) is 18.2 Å². The largest absolute Gasteiger partial charge is 0.534 e. The topological polar surface area (TPSA) is 151 Å². The van der Waals surface area contributed by atoms with Crippen LogP contribution in [-0.2, 0) is 56.1 Å². The number of esters is 1. The lowest BCUT2D eigenvalue weighted by atomic mass is 9.85. The van der Waals surface area contributed by atoms with Crippen molar-refractivity contribution in [3.05, 3.63) is 60.4 Å². The summed E-state index contributed by atoms with van der Waals surface area (Å²) in [7, 11) is -13.6. The number of rotatable bonds is 22. The van der Waals surface area contributed by atoms with E-state index in [0.29, 0.717) is 54.9 Å². The van der Waals surface area contributed by atoms with Crippen molar-refractivity contribution >= 4 is 69.9 Å². The van der Waals surface area contributed by atoms with Gasteiger partial charge in [-0.15, -0.1) is 0 Å². The van der Waals surface area contributed by atoms with E-state index < -0.39 is 107 Å². The lowest BCUT2D eigenvalue weighted by molar-refractivity contribution is -0.266. The highest BCUT2D eigenvalue weighted by Crippen LogP contribution is 2.49. The van der Waals surface area contributed by atoms with Crippen LogP contribution in [0.4, 0.5) is 13.2 Å². The Morgan fingerprint density at radius 3 is 1.95 bits per heavy atom. The Bertz CT molecular complexity index is 2270. The molecule has 21 heteroatoms. The first-order chi connectivity index (χ1) is 34.8. The summed E-state index contributed by atoms with van der Waals surface area (Å²) in [6.07, 6.45) is 3.70. The first-order valence-corrected chi connectivity index (χ1v) is 38.7. The third-order valence-corrected chi connectivity index (χ3v) is 33.0. The van der Waals surface area contributed by atoms with Crippen LogP contribution >= 0.6 is 22.6 Å². The number of benzene rings is 1. The fraction of sp³-hybridized carbons (Fsp3) is 0.782. The van der Waals surface area contributed by atoms with Gasteiger partial charge in [-0.1, -0.05) is 123 Å².